The maximum Gasteiger partial charge on any atom is 0.278 e. The summed E-state index contributed by atoms with van der Waals surface area (Å²) in [6, 6.07) is 12.3. The molecule has 1 spiro atoms. The first-order valence-corrected chi connectivity index (χ1v) is 14.4. The normalized spacial score (nSPS) is 21.8. The second-order valence-electron chi connectivity index (χ2n) is 11.6. The summed E-state index contributed by atoms with van der Waals surface area (Å²) in [6.45, 7) is 8.56. The third-order valence-electron chi connectivity index (χ3n) is 9.31. The Bertz CT molecular complexity index is 1650. The van der Waals surface area contributed by atoms with Crippen LogP contribution in [0.25, 0.3) is 16.9 Å². The van der Waals surface area contributed by atoms with Crippen molar-refractivity contribution in [3.8, 4) is 5.82 Å². The van der Waals surface area contributed by atoms with Gasteiger partial charge in [-0.3, -0.25) is 4.79 Å². The molecule has 0 radical (unpaired) electrons. The van der Waals surface area contributed by atoms with Crippen molar-refractivity contribution < 1.29 is 5.11 Å². The van der Waals surface area contributed by atoms with Crippen LogP contribution in [0.4, 0.5) is 17.3 Å². The Hall–Kier alpha value is -3.76. The SMILES string of the molecule is CCn1c(=O)c2cnc(Nc3ccc(N4CCN(C)CC4)cc3)nc2n1-c1ccc2c(n1)C(O)(CC)C1(CC1)C2. The van der Waals surface area contributed by atoms with Crippen molar-refractivity contribution in [2.45, 2.75) is 51.7 Å². The zero-order valence-corrected chi connectivity index (χ0v) is 23.4. The molecule has 40 heavy (non-hydrogen) atoms. The molecule has 4 aromatic rings. The van der Waals surface area contributed by atoms with E-state index in [9.17, 15) is 9.90 Å². The van der Waals surface area contributed by atoms with Gasteiger partial charge in [0.2, 0.25) is 5.95 Å². The minimum absolute atomic E-state index is 0.0853. The number of hydrogen-bond donors (Lipinski definition) is 2. The molecule has 208 valence electrons. The topological polar surface area (TPSA) is 104 Å². The van der Waals surface area contributed by atoms with Crippen LogP contribution in [-0.4, -0.2) is 67.5 Å². The van der Waals surface area contributed by atoms with Gasteiger partial charge in [0.15, 0.2) is 11.5 Å². The standard InChI is InChI=1S/C30H36N8O2/c1-4-30(40)25-20(18-29(30)12-13-29)6-11-24(33-25)38-26-23(27(39)37(38)5-2)19-31-28(34-26)32-21-7-9-22(10-8-21)36-16-14-35(3)15-17-36/h6-11,19,40H,4-5,12-18H2,1-3H3,(H,31,32,34). The zero-order valence-electron chi connectivity index (χ0n) is 23.4. The van der Waals surface area contributed by atoms with Crippen LogP contribution in [0, 0.1) is 5.41 Å². The van der Waals surface area contributed by atoms with Crippen LogP contribution in [0.2, 0.25) is 0 Å². The van der Waals surface area contributed by atoms with E-state index in [-0.39, 0.29) is 11.0 Å². The molecule has 0 amide bonds. The van der Waals surface area contributed by atoms with E-state index < -0.39 is 5.60 Å². The van der Waals surface area contributed by atoms with Crippen molar-refractivity contribution in [3.05, 3.63) is 64.2 Å². The van der Waals surface area contributed by atoms with Crippen LogP contribution >= 0.6 is 0 Å². The molecule has 10 nitrogen and oxygen atoms in total. The van der Waals surface area contributed by atoms with Crippen molar-refractivity contribution >= 4 is 28.4 Å². The number of rotatable bonds is 6. The lowest BCUT2D eigenvalue weighted by atomic mass is 9.84. The summed E-state index contributed by atoms with van der Waals surface area (Å²) in [6.07, 6.45) is 5.11. The number of benzene rings is 1. The maximum atomic E-state index is 13.3. The van der Waals surface area contributed by atoms with Gasteiger partial charge >= 0.3 is 0 Å². The molecule has 1 aromatic carbocycles. The number of hydrogen-bond acceptors (Lipinski definition) is 8. The van der Waals surface area contributed by atoms with E-state index in [0.717, 1.165) is 62.4 Å². The lowest BCUT2D eigenvalue weighted by Crippen LogP contribution is -2.44. The van der Waals surface area contributed by atoms with Gasteiger partial charge in [0.25, 0.3) is 5.56 Å². The first-order chi connectivity index (χ1) is 19.4. The van der Waals surface area contributed by atoms with Gasteiger partial charge in [-0.2, -0.15) is 4.98 Å². The molecule has 1 saturated carbocycles. The number of aromatic nitrogens is 5. The van der Waals surface area contributed by atoms with Crippen molar-refractivity contribution in [2.75, 3.05) is 43.4 Å². The number of anilines is 3. The first-order valence-electron chi connectivity index (χ1n) is 14.4. The summed E-state index contributed by atoms with van der Waals surface area (Å²) in [5.41, 5.74) is 3.23. The van der Waals surface area contributed by atoms with Gasteiger partial charge in [0.1, 0.15) is 11.0 Å². The average Bonchev–Trinajstić information content (AvgIpc) is 3.65. The van der Waals surface area contributed by atoms with E-state index >= 15 is 0 Å². The van der Waals surface area contributed by atoms with Crippen LogP contribution in [0.3, 0.4) is 0 Å². The fraction of sp³-hybridized carbons (Fsp3) is 0.467. The van der Waals surface area contributed by atoms with Gasteiger partial charge in [-0.05, 0) is 75.5 Å². The Kier molecular flexibility index (Phi) is 5.76. The van der Waals surface area contributed by atoms with Crippen LogP contribution in [0.1, 0.15) is 44.4 Å². The van der Waals surface area contributed by atoms with Gasteiger partial charge < -0.3 is 20.2 Å². The Morgan fingerprint density at radius 1 is 1.00 bits per heavy atom. The molecule has 10 heteroatoms. The smallest absolute Gasteiger partial charge is 0.278 e. The second kappa shape index (κ2) is 9.14. The maximum absolute atomic E-state index is 13.3. The molecule has 7 rings (SSSR count). The average molecular weight is 541 g/mol. The second-order valence-corrected chi connectivity index (χ2v) is 11.6. The molecule has 2 aliphatic carbocycles. The number of piperazine rings is 1. The molecule has 2 fully saturated rings. The molecule has 0 bridgehead atoms. The number of nitrogens with zero attached hydrogens (tertiary/aromatic N) is 7. The lowest BCUT2D eigenvalue weighted by molar-refractivity contribution is -0.0324. The number of likely N-dealkylation sites (N-methyl/N-ethyl adjacent to an activating group) is 1. The quantitative estimate of drug-likeness (QED) is 0.383. The largest absolute Gasteiger partial charge is 0.383 e. The predicted octanol–water partition coefficient (Wildman–Crippen LogP) is 3.43. The highest BCUT2D eigenvalue weighted by atomic mass is 16.3. The monoisotopic (exact) mass is 540 g/mol. The summed E-state index contributed by atoms with van der Waals surface area (Å²) in [7, 11) is 2.16. The molecule has 1 aliphatic heterocycles. The molecule has 1 atom stereocenters. The van der Waals surface area contributed by atoms with Crippen LogP contribution < -0.4 is 15.8 Å². The summed E-state index contributed by atoms with van der Waals surface area (Å²) >= 11 is 0. The molecular formula is C30H36N8O2. The first kappa shape index (κ1) is 25.2. The predicted molar refractivity (Wildman–Crippen MR) is 156 cm³/mol. The minimum Gasteiger partial charge on any atom is -0.383 e. The van der Waals surface area contributed by atoms with Gasteiger partial charge in [0.05, 0.1) is 5.69 Å². The Morgan fingerprint density at radius 2 is 1.75 bits per heavy atom. The van der Waals surface area contributed by atoms with Crippen molar-refractivity contribution in [1.82, 2.24) is 29.2 Å². The zero-order chi connectivity index (χ0) is 27.6. The van der Waals surface area contributed by atoms with Gasteiger partial charge in [-0.15, -0.1) is 0 Å². The molecule has 4 heterocycles. The van der Waals surface area contributed by atoms with E-state index in [1.165, 1.54) is 5.69 Å². The summed E-state index contributed by atoms with van der Waals surface area (Å²) < 4.78 is 3.41. The molecule has 3 aliphatic rings. The van der Waals surface area contributed by atoms with E-state index in [2.05, 4.69) is 45.3 Å². The van der Waals surface area contributed by atoms with E-state index in [0.29, 0.717) is 35.8 Å². The van der Waals surface area contributed by atoms with Gasteiger partial charge in [-0.25, -0.2) is 19.3 Å². The summed E-state index contributed by atoms with van der Waals surface area (Å²) in [4.78, 5) is 32.3. The number of aliphatic hydroxyl groups is 1. The van der Waals surface area contributed by atoms with Crippen molar-refractivity contribution in [3.63, 3.8) is 0 Å². The fourth-order valence-electron chi connectivity index (χ4n) is 6.70. The van der Waals surface area contributed by atoms with Gasteiger partial charge in [0, 0.05) is 55.7 Å². The highest BCUT2D eigenvalue weighted by molar-refractivity contribution is 5.77. The Labute approximate surface area is 233 Å². The van der Waals surface area contributed by atoms with E-state index in [1.807, 2.05) is 32.0 Å². The van der Waals surface area contributed by atoms with Crippen LogP contribution in [0.15, 0.2) is 47.4 Å². The van der Waals surface area contributed by atoms with E-state index in [1.54, 1.807) is 15.6 Å². The fourth-order valence-corrected chi connectivity index (χ4v) is 6.70. The molecular weight excluding hydrogens is 504 g/mol. The summed E-state index contributed by atoms with van der Waals surface area (Å²) in [5, 5.41) is 15.4. The third kappa shape index (κ3) is 3.77. The number of nitrogens with one attached hydrogen (secondary N) is 1. The van der Waals surface area contributed by atoms with E-state index in [4.69, 9.17) is 9.97 Å². The highest BCUT2D eigenvalue weighted by Gasteiger charge is 2.63. The number of pyridine rings is 1. The van der Waals surface area contributed by atoms with Crippen LogP contribution in [0.5, 0.6) is 0 Å². The third-order valence-corrected chi connectivity index (χ3v) is 9.31. The van der Waals surface area contributed by atoms with Crippen molar-refractivity contribution in [2.24, 2.45) is 5.41 Å². The van der Waals surface area contributed by atoms with Crippen molar-refractivity contribution in [1.29, 1.82) is 0 Å². The minimum atomic E-state index is -0.934. The molecule has 1 unspecified atom stereocenters. The Morgan fingerprint density at radius 3 is 2.42 bits per heavy atom. The van der Waals surface area contributed by atoms with Crippen LogP contribution in [-0.2, 0) is 18.6 Å². The molecule has 1 saturated heterocycles. The molecule has 3 aromatic heterocycles. The number of fused-ring (bicyclic) bond motifs is 2. The molecule has 2 N–H and O–H groups in total. The Balaban J connectivity index is 1.23. The lowest BCUT2D eigenvalue weighted by Gasteiger charge is -2.34. The van der Waals surface area contributed by atoms with Gasteiger partial charge in [-0.1, -0.05) is 13.0 Å². The highest BCUT2D eigenvalue weighted by Crippen LogP contribution is 2.65. The summed E-state index contributed by atoms with van der Waals surface area (Å²) in [5.74, 6) is 0.989.